The quantitative estimate of drug-likeness (QED) is 0.782. The molecule has 2 rings (SSSR count). The molecule has 8 nitrogen and oxygen atoms in total. The lowest BCUT2D eigenvalue weighted by Gasteiger charge is -2.22. The number of aryl methyl sites for hydroxylation is 1. The first-order chi connectivity index (χ1) is 10.5. The van der Waals surface area contributed by atoms with E-state index >= 15 is 0 Å². The number of nitriles is 1. The molecule has 0 bridgehead atoms. The zero-order valence-electron chi connectivity index (χ0n) is 12.9. The summed E-state index contributed by atoms with van der Waals surface area (Å²) in [5, 5.41) is 13.2. The summed E-state index contributed by atoms with van der Waals surface area (Å²) in [6, 6.07) is 2.10. The maximum atomic E-state index is 12.3. The number of nitrogens with zero attached hydrogens (tertiary/aromatic N) is 6. The van der Waals surface area contributed by atoms with Crippen molar-refractivity contribution in [2.75, 3.05) is 13.1 Å². The van der Waals surface area contributed by atoms with E-state index in [0.717, 1.165) is 0 Å². The molecule has 0 radical (unpaired) electrons. The molecule has 22 heavy (non-hydrogen) atoms. The Labute approximate surface area is 127 Å². The number of likely N-dealkylation sites (N-methyl/N-ethyl adjacent to an activating group) is 1. The Hall–Kier alpha value is -2.69. The number of fused-ring (bicyclic) bond motifs is 1. The van der Waals surface area contributed by atoms with Crippen molar-refractivity contribution >= 4 is 16.9 Å². The largest absolute Gasteiger partial charge is 0.340 e. The van der Waals surface area contributed by atoms with Crippen molar-refractivity contribution in [3.05, 3.63) is 22.9 Å². The van der Waals surface area contributed by atoms with Crippen LogP contribution < -0.4 is 5.56 Å². The van der Waals surface area contributed by atoms with Gasteiger partial charge in [0.2, 0.25) is 5.91 Å². The molecular formula is C14H18N6O2. The molecule has 0 aliphatic rings. The summed E-state index contributed by atoms with van der Waals surface area (Å²) < 4.78 is 2.78. The molecule has 2 aromatic heterocycles. The van der Waals surface area contributed by atoms with Gasteiger partial charge in [0.05, 0.1) is 18.2 Å². The maximum Gasteiger partial charge on any atom is 0.264 e. The normalized spacial score (nSPS) is 12.1. The van der Waals surface area contributed by atoms with Crippen LogP contribution >= 0.6 is 0 Å². The minimum atomic E-state index is -0.296. The standard InChI is InChI=1S/C14H18N6O2/c1-4-19(7-10(2)5-15)12(21)8-20-9-16-13-11(14(20)22)6-17-18(13)3/h6,9-10H,4,7-8H2,1-3H3/t10-/m1/s1. The zero-order valence-corrected chi connectivity index (χ0v) is 12.9. The number of carbonyl (C=O) groups excluding carboxylic acids is 1. The highest BCUT2D eigenvalue weighted by Gasteiger charge is 2.17. The number of hydrogen-bond donors (Lipinski definition) is 0. The highest BCUT2D eigenvalue weighted by molar-refractivity contribution is 5.77. The van der Waals surface area contributed by atoms with E-state index in [1.165, 1.54) is 21.8 Å². The molecule has 2 aromatic rings. The van der Waals surface area contributed by atoms with Crippen molar-refractivity contribution < 1.29 is 4.79 Å². The van der Waals surface area contributed by atoms with Gasteiger partial charge in [-0.3, -0.25) is 18.8 Å². The van der Waals surface area contributed by atoms with Gasteiger partial charge in [0.1, 0.15) is 18.3 Å². The molecule has 0 N–H and O–H groups in total. The van der Waals surface area contributed by atoms with Gasteiger partial charge in [-0.05, 0) is 13.8 Å². The van der Waals surface area contributed by atoms with E-state index in [-0.39, 0.29) is 23.9 Å². The molecule has 0 fully saturated rings. The monoisotopic (exact) mass is 302 g/mol. The van der Waals surface area contributed by atoms with E-state index < -0.39 is 0 Å². The van der Waals surface area contributed by atoms with Crippen LogP contribution in [0.25, 0.3) is 11.0 Å². The van der Waals surface area contributed by atoms with E-state index in [1.54, 1.807) is 18.9 Å². The van der Waals surface area contributed by atoms with Crippen LogP contribution in [0.4, 0.5) is 0 Å². The molecule has 0 saturated carbocycles. The van der Waals surface area contributed by atoms with Gasteiger partial charge in [0, 0.05) is 20.1 Å². The molecule has 0 aliphatic carbocycles. The van der Waals surface area contributed by atoms with E-state index in [4.69, 9.17) is 5.26 Å². The van der Waals surface area contributed by atoms with Crippen LogP contribution in [0.5, 0.6) is 0 Å². The number of hydrogen-bond acceptors (Lipinski definition) is 5. The topological polar surface area (TPSA) is 96.8 Å². The first-order valence-corrected chi connectivity index (χ1v) is 7.02. The molecule has 0 aromatic carbocycles. The smallest absolute Gasteiger partial charge is 0.264 e. The lowest BCUT2D eigenvalue weighted by Crippen LogP contribution is -2.38. The van der Waals surface area contributed by atoms with E-state index in [0.29, 0.717) is 24.1 Å². The Kier molecular flexibility index (Phi) is 4.56. The van der Waals surface area contributed by atoms with Crippen LogP contribution in [-0.2, 0) is 18.4 Å². The fourth-order valence-corrected chi connectivity index (χ4v) is 2.20. The van der Waals surface area contributed by atoms with Crippen molar-refractivity contribution in [2.24, 2.45) is 13.0 Å². The lowest BCUT2D eigenvalue weighted by atomic mass is 10.2. The number of rotatable bonds is 5. The predicted molar refractivity (Wildman–Crippen MR) is 79.8 cm³/mol. The van der Waals surface area contributed by atoms with Gasteiger partial charge in [0.15, 0.2) is 5.65 Å². The minimum Gasteiger partial charge on any atom is -0.340 e. The summed E-state index contributed by atoms with van der Waals surface area (Å²) in [5.74, 6) is -0.462. The predicted octanol–water partition coefficient (Wildman–Crippen LogP) is 0.138. The second-order valence-electron chi connectivity index (χ2n) is 5.15. The lowest BCUT2D eigenvalue weighted by molar-refractivity contribution is -0.132. The fraction of sp³-hybridized carbons (Fsp3) is 0.500. The zero-order chi connectivity index (χ0) is 16.3. The van der Waals surface area contributed by atoms with Gasteiger partial charge in [-0.15, -0.1) is 0 Å². The van der Waals surface area contributed by atoms with Crippen molar-refractivity contribution in [3.63, 3.8) is 0 Å². The second kappa shape index (κ2) is 6.39. The van der Waals surface area contributed by atoms with E-state index in [1.807, 2.05) is 6.92 Å². The van der Waals surface area contributed by atoms with Crippen LogP contribution in [-0.4, -0.2) is 43.2 Å². The molecule has 116 valence electrons. The third-order valence-corrected chi connectivity index (χ3v) is 3.47. The van der Waals surface area contributed by atoms with Crippen molar-refractivity contribution in [1.29, 1.82) is 5.26 Å². The van der Waals surface area contributed by atoms with E-state index in [2.05, 4.69) is 16.2 Å². The SMILES string of the molecule is CCN(C[C@H](C)C#N)C(=O)Cn1cnc2c(cnn2C)c1=O. The van der Waals surface area contributed by atoms with Gasteiger partial charge in [0.25, 0.3) is 5.56 Å². The third kappa shape index (κ3) is 2.98. The summed E-state index contributed by atoms with van der Waals surface area (Å²) in [6.45, 7) is 4.34. The third-order valence-electron chi connectivity index (χ3n) is 3.47. The summed E-state index contributed by atoms with van der Waals surface area (Å²) >= 11 is 0. The molecule has 1 atom stereocenters. The second-order valence-corrected chi connectivity index (χ2v) is 5.15. The first-order valence-electron chi connectivity index (χ1n) is 7.02. The summed E-state index contributed by atoms with van der Waals surface area (Å²) in [7, 11) is 1.70. The number of carbonyl (C=O) groups is 1. The van der Waals surface area contributed by atoms with Crippen LogP contribution in [0.1, 0.15) is 13.8 Å². The van der Waals surface area contributed by atoms with Crippen molar-refractivity contribution in [2.45, 2.75) is 20.4 Å². The molecule has 2 heterocycles. The van der Waals surface area contributed by atoms with Gasteiger partial charge >= 0.3 is 0 Å². The Morgan fingerprint density at radius 1 is 1.55 bits per heavy atom. The average Bonchev–Trinajstić information content (AvgIpc) is 2.89. The van der Waals surface area contributed by atoms with Gasteiger partial charge < -0.3 is 4.90 Å². The highest BCUT2D eigenvalue weighted by atomic mass is 16.2. The number of aromatic nitrogens is 4. The highest BCUT2D eigenvalue weighted by Crippen LogP contribution is 2.04. The van der Waals surface area contributed by atoms with Gasteiger partial charge in [-0.25, -0.2) is 4.98 Å². The molecule has 0 unspecified atom stereocenters. The summed E-state index contributed by atoms with van der Waals surface area (Å²) in [5.41, 5.74) is 0.190. The Bertz CT molecular complexity index is 785. The molecule has 0 aliphatic heterocycles. The van der Waals surface area contributed by atoms with Crippen LogP contribution in [0.2, 0.25) is 0 Å². The summed E-state index contributed by atoms with van der Waals surface area (Å²) in [6.07, 6.45) is 2.80. The molecule has 0 saturated heterocycles. The van der Waals surface area contributed by atoms with Crippen LogP contribution in [0, 0.1) is 17.2 Å². The van der Waals surface area contributed by atoms with Gasteiger partial charge in [-0.1, -0.05) is 0 Å². The Morgan fingerprint density at radius 2 is 2.27 bits per heavy atom. The molecule has 0 spiro atoms. The van der Waals surface area contributed by atoms with Crippen LogP contribution in [0.3, 0.4) is 0 Å². The Balaban J connectivity index is 2.23. The Morgan fingerprint density at radius 3 is 2.91 bits per heavy atom. The summed E-state index contributed by atoms with van der Waals surface area (Å²) in [4.78, 5) is 30.3. The van der Waals surface area contributed by atoms with Crippen molar-refractivity contribution in [3.8, 4) is 6.07 Å². The molecule has 1 amide bonds. The van der Waals surface area contributed by atoms with Gasteiger partial charge in [-0.2, -0.15) is 10.4 Å². The first kappa shape index (κ1) is 15.7. The molecular weight excluding hydrogens is 284 g/mol. The number of amides is 1. The molecule has 8 heteroatoms. The van der Waals surface area contributed by atoms with Crippen molar-refractivity contribution in [1.82, 2.24) is 24.2 Å². The van der Waals surface area contributed by atoms with E-state index in [9.17, 15) is 9.59 Å². The minimum absolute atomic E-state index is 0.0946. The average molecular weight is 302 g/mol. The van der Waals surface area contributed by atoms with Crippen LogP contribution in [0.15, 0.2) is 17.3 Å². The maximum absolute atomic E-state index is 12.3. The fourth-order valence-electron chi connectivity index (χ4n) is 2.20.